The summed E-state index contributed by atoms with van der Waals surface area (Å²) in [5.74, 6) is 0.459. The molecule has 1 aliphatic heterocycles. The van der Waals surface area contributed by atoms with Gasteiger partial charge in [-0.1, -0.05) is 44.2 Å². The lowest BCUT2D eigenvalue weighted by molar-refractivity contribution is -0.127. The van der Waals surface area contributed by atoms with Crippen LogP contribution >= 0.6 is 0 Å². The number of carbonyl (C=O) groups is 1. The highest BCUT2D eigenvalue weighted by molar-refractivity contribution is 5.79. The van der Waals surface area contributed by atoms with Gasteiger partial charge in [0, 0.05) is 25.7 Å². The third kappa shape index (κ3) is 5.63. The molecule has 0 aromatic heterocycles. The molecule has 1 aromatic rings. The van der Waals surface area contributed by atoms with Crippen molar-refractivity contribution < 1.29 is 14.6 Å². The van der Waals surface area contributed by atoms with Crippen molar-refractivity contribution in [2.45, 2.75) is 39.2 Å². The number of hydrogen-bond donors (Lipinski definition) is 2. The molecule has 0 spiro atoms. The molecule has 0 saturated carbocycles. The van der Waals surface area contributed by atoms with Gasteiger partial charge in [-0.15, -0.1) is 0 Å². The van der Waals surface area contributed by atoms with E-state index >= 15 is 0 Å². The molecule has 0 aliphatic carbocycles. The van der Waals surface area contributed by atoms with Crippen LogP contribution in [0.4, 0.5) is 0 Å². The maximum Gasteiger partial charge on any atom is 0.223 e. The van der Waals surface area contributed by atoms with E-state index in [1.54, 1.807) is 0 Å². The number of carbonyl (C=O) groups excluding carboxylic acids is 1. The van der Waals surface area contributed by atoms with Crippen molar-refractivity contribution in [1.82, 2.24) is 5.32 Å². The lowest BCUT2D eigenvalue weighted by atomic mass is 9.88. The molecule has 1 aliphatic rings. The van der Waals surface area contributed by atoms with Gasteiger partial charge in [-0.2, -0.15) is 0 Å². The van der Waals surface area contributed by atoms with Gasteiger partial charge < -0.3 is 15.2 Å². The Morgan fingerprint density at radius 2 is 1.91 bits per heavy atom. The molecule has 2 rings (SSSR count). The number of amides is 1. The van der Waals surface area contributed by atoms with Crippen molar-refractivity contribution in [1.29, 1.82) is 0 Å². The number of benzene rings is 1. The van der Waals surface area contributed by atoms with Crippen molar-refractivity contribution >= 4 is 5.91 Å². The minimum absolute atomic E-state index is 0.0370. The van der Waals surface area contributed by atoms with Crippen LogP contribution in [0.3, 0.4) is 0 Å². The summed E-state index contributed by atoms with van der Waals surface area (Å²) in [6, 6.07) is 10.1. The summed E-state index contributed by atoms with van der Waals surface area (Å²) in [7, 11) is 0. The zero-order valence-corrected chi connectivity index (χ0v) is 14.2. The van der Waals surface area contributed by atoms with Crippen molar-refractivity contribution in [3.05, 3.63) is 35.9 Å². The van der Waals surface area contributed by atoms with Crippen molar-refractivity contribution in [3.8, 4) is 0 Å². The highest BCUT2D eigenvalue weighted by atomic mass is 16.5. The maximum atomic E-state index is 12.5. The number of ether oxygens (including phenoxy) is 1. The summed E-state index contributed by atoms with van der Waals surface area (Å²) >= 11 is 0. The van der Waals surface area contributed by atoms with E-state index in [1.807, 2.05) is 18.2 Å². The van der Waals surface area contributed by atoms with Gasteiger partial charge in [0.05, 0.1) is 6.10 Å². The first-order chi connectivity index (χ1) is 11.1. The summed E-state index contributed by atoms with van der Waals surface area (Å²) < 4.78 is 5.31. The highest BCUT2D eigenvalue weighted by Crippen LogP contribution is 2.20. The van der Waals surface area contributed by atoms with Gasteiger partial charge in [0.15, 0.2) is 0 Å². The van der Waals surface area contributed by atoms with Gasteiger partial charge in [0.2, 0.25) is 5.91 Å². The van der Waals surface area contributed by atoms with E-state index in [9.17, 15) is 9.90 Å². The number of nitrogens with one attached hydrogen (secondary N) is 1. The molecule has 1 amide bonds. The lowest BCUT2D eigenvalue weighted by Gasteiger charge is -2.28. The minimum Gasteiger partial charge on any atom is -0.391 e. The first-order valence-electron chi connectivity index (χ1n) is 8.65. The first kappa shape index (κ1) is 18.0. The van der Waals surface area contributed by atoms with Crippen LogP contribution in [0, 0.1) is 17.8 Å². The fourth-order valence-electron chi connectivity index (χ4n) is 3.10. The molecule has 4 heteroatoms. The topological polar surface area (TPSA) is 58.6 Å². The van der Waals surface area contributed by atoms with Crippen molar-refractivity contribution in [2.75, 3.05) is 19.8 Å². The second-order valence-electron chi connectivity index (χ2n) is 6.80. The van der Waals surface area contributed by atoms with Gasteiger partial charge in [-0.25, -0.2) is 0 Å². The van der Waals surface area contributed by atoms with Gasteiger partial charge in [-0.05, 0) is 36.7 Å². The van der Waals surface area contributed by atoms with Gasteiger partial charge in [0.25, 0.3) is 0 Å². The van der Waals surface area contributed by atoms with E-state index in [0.717, 1.165) is 19.3 Å². The standard InChI is InChI=1S/C19H29NO3/c1-14(2)17(12-15-6-4-3-5-7-15)19(22)20-13-18(21)16-8-10-23-11-9-16/h3-7,14,16-18,21H,8-13H2,1-2H3,(H,20,22)/t17-,18+/m1/s1. The smallest absolute Gasteiger partial charge is 0.223 e. The normalized spacial score (nSPS) is 18.6. The Hall–Kier alpha value is -1.39. The van der Waals surface area contributed by atoms with Crippen LogP contribution in [-0.4, -0.2) is 36.9 Å². The van der Waals surface area contributed by atoms with Crippen LogP contribution in [0.2, 0.25) is 0 Å². The van der Waals surface area contributed by atoms with Crippen LogP contribution in [0.25, 0.3) is 0 Å². The molecular weight excluding hydrogens is 290 g/mol. The second kappa shape index (κ2) is 9.04. The van der Waals surface area contributed by atoms with Gasteiger partial charge in [0.1, 0.15) is 0 Å². The number of rotatable bonds is 7. The molecule has 2 N–H and O–H groups in total. The largest absolute Gasteiger partial charge is 0.391 e. The molecule has 1 saturated heterocycles. The Morgan fingerprint density at radius 3 is 2.52 bits per heavy atom. The van der Waals surface area contributed by atoms with E-state index in [4.69, 9.17) is 4.74 Å². The molecule has 1 aromatic carbocycles. The van der Waals surface area contributed by atoms with E-state index < -0.39 is 6.10 Å². The number of hydrogen-bond acceptors (Lipinski definition) is 3. The van der Waals surface area contributed by atoms with Gasteiger partial charge in [-0.3, -0.25) is 4.79 Å². The summed E-state index contributed by atoms with van der Waals surface area (Å²) in [6.45, 7) is 5.89. The van der Waals surface area contributed by atoms with E-state index in [0.29, 0.717) is 19.8 Å². The molecular formula is C19H29NO3. The Kier molecular flexibility index (Phi) is 7.06. The average molecular weight is 319 g/mol. The number of aliphatic hydroxyl groups excluding tert-OH is 1. The molecule has 0 unspecified atom stereocenters. The first-order valence-corrected chi connectivity index (χ1v) is 8.65. The molecule has 0 radical (unpaired) electrons. The zero-order chi connectivity index (χ0) is 16.7. The monoisotopic (exact) mass is 319 g/mol. The van der Waals surface area contributed by atoms with Crippen molar-refractivity contribution in [2.24, 2.45) is 17.8 Å². The summed E-state index contributed by atoms with van der Waals surface area (Å²) in [6.07, 6.45) is 1.99. The highest BCUT2D eigenvalue weighted by Gasteiger charge is 2.26. The van der Waals surface area contributed by atoms with Crippen LogP contribution in [-0.2, 0) is 16.0 Å². The molecule has 1 heterocycles. The van der Waals surface area contributed by atoms with E-state index in [-0.39, 0.29) is 23.7 Å². The third-order valence-electron chi connectivity index (χ3n) is 4.74. The molecule has 4 nitrogen and oxygen atoms in total. The summed E-state index contributed by atoms with van der Waals surface area (Å²) in [5, 5.41) is 13.2. The van der Waals surface area contributed by atoms with Gasteiger partial charge >= 0.3 is 0 Å². The maximum absolute atomic E-state index is 12.5. The Labute approximate surface area is 139 Å². The lowest BCUT2D eigenvalue weighted by Crippen LogP contribution is -2.42. The van der Waals surface area contributed by atoms with Crippen molar-refractivity contribution in [3.63, 3.8) is 0 Å². The Morgan fingerprint density at radius 1 is 1.26 bits per heavy atom. The van der Waals surface area contributed by atoms with E-state index in [1.165, 1.54) is 5.56 Å². The fourth-order valence-corrected chi connectivity index (χ4v) is 3.10. The van der Waals surface area contributed by atoms with Crippen LogP contribution < -0.4 is 5.32 Å². The summed E-state index contributed by atoms with van der Waals surface area (Å²) in [4.78, 5) is 12.5. The Balaban J connectivity index is 1.85. The SMILES string of the molecule is CC(C)[C@@H](Cc1ccccc1)C(=O)NC[C@H](O)C1CCOCC1. The predicted octanol–water partition coefficient (Wildman–Crippen LogP) is 2.41. The second-order valence-corrected chi connectivity index (χ2v) is 6.80. The molecule has 1 fully saturated rings. The van der Waals surface area contributed by atoms with Crippen LogP contribution in [0.1, 0.15) is 32.3 Å². The molecule has 2 atom stereocenters. The Bertz CT molecular complexity index is 469. The molecule has 128 valence electrons. The third-order valence-corrected chi connectivity index (χ3v) is 4.74. The van der Waals surface area contributed by atoms with Crippen LogP contribution in [0.15, 0.2) is 30.3 Å². The average Bonchev–Trinajstić information content (AvgIpc) is 2.58. The fraction of sp³-hybridized carbons (Fsp3) is 0.632. The van der Waals surface area contributed by atoms with E-state index in [2.05, 4.69) is 31.3 Å². The van der Waals surface area contributed by atoms with Crippen LogP contribution in [0.5, 0.6) is 0 Å². The molecule has 23 heavy (non-hydrogen) atoms. The minimum atomic E-state index is -0.479. The molecule has 0 bridgehead atoms. The zero-order valence-electron chi connectivity index (χ0n) is 14.2. The quantitative estimate of drug-likeness (QED) is 0.811. The summed E-state index contributed by atoms with van der Waals surface area (Å²) in [5.41, 5.74) is 1.17. The number of aliphatic hydroxyl groups is 1. The predicted molar refractivity (Wildman–Crippen MR) is 91.0 cm³/mol.